The minimum absolute atomic E-state index is 0.0335. The molecule has 0 unspecified atom stereocenters. The quantitative estimate of drug-likeness (QED) is 0.622. The van der Waals surface area contributed by atoms with E-state index in [1.807, 2.05) is 61.2 Å². The van der Waals surface area contributed by atoms with Gasteiger partial charge in [0.15, 0.2) is 0 Å². The van der Waals surface area contributed by atoms with Crippen molar-refractivity contribution in [3.8, 4) is 5.75 Å². The molecule has 1 aliphatic heterocycles. The minimum atomic E-state index is -0.617. The first kappa shape index (κ1) is 23.8. The molecule has 0 radical (unpaired) electrons. The Kier molecular flexibility index (Phi) is 6.68. The Hall–Kier alpha value is -2.82. The van der Waals surface area contributed by atoms with Gasteiger partial charge in [-0.2, -0.15) is 0 Å². The van der Waals surface area contributed by atoms with Gasteiger partial charge in [0.2, 0.25) is 5.91 Å². The van der Waals surface area contributed by atoms with Crippen LogP contribution in [-0.4, -0.2) is 25.0 Å². The second kappa shape index (κ2) is 8.97. The first-order valence-corrected chi connectivity index (χ1v) is 11.4. The lowest BCUT2D eigenvalue weighted by Gasteiger charge is -2.28. The molecule has 0 atom stereocenters. The number of nitrogens with one attached hydrogen (secondary N) is 1. The summed E-state index contributed by atoms with van der Waals surface area (Å²) in [5.74, 6) is 0.996. The summed E-state index contributed by atoms with van der Waals surface area (Å²) in [6, 6.07) is 13.2. The van der Waals surface area contributed by atoms with Gasteiger partial charge in [0.1, 0.15) is 12.4 Å². The number of hydrogen-bond donors (Lipinski definition) is 1. The van der Waals surface area contributed by atoms with Crippen LogP contribution in [0.15, 0.2) is 42.5 Å². The maximum Gasteiger partial charge on any atom is 0.255 e. The fraction of sp³-hybridized carbons (Fsp3) is 0.481. The van der Waals surface area contributed by atoms with Gasteiger partial charge in [0.05, 0.1) is 11.1 Å². The maximum absolute atomic E-state index is 13.3. The Morgan fingerprint density at radius 3 is 2.38 bits per heavy atom. The van der Waals surface area contributed by atoms with E-state index in [1.165, 1.54) is 5.56 Å². The number of benzene rings is 2. The smallest absolute Gasteiger partial charge is 0.255 e. The number of hydrogen-bond acceptors (Lipinski definition) is 3. The van der Waals surface area contributed by atoms with Crippen molar-refractivity contribution in [2.75, 3.05) is 23.4 Å². The van der Waals surface area contributed by atoms with Crippen LogP contribution in [-0.2, 0) is 10.2 Å². The first-order chi connectivity index (χ1) is 14.9. The molecule has 0 fully saturated rings. The van der Waals surface area contributed by atoms with E-state index in [4.69, 9.17) is 4.74 Å². The van der Waals surface area contributed by atoms with Crippen LogP contribution in [0.3, 0.4) is 0 Å². The molecular weight excluding hydrogens is 400 g/mol. The van der Waals surface area contributed by atoms with Gasteiger partial charge in [0.25, 0.3) is 5.91 Å². The highest BCUT2D eigenvalue weighted by Gasteiger charge is 2.37. The van der Waals surface area contributed by atoms with Crippen molar-refractivity contribution in [2.45, 2.75) is 60.3 Å². The van der Waals surface area contributed by atoms with Crippen LogP contribution in [0.25, 0.3) is 0 Å². The predicted octanol–water partition coefficient (Wildman–Crippen LogP) is 6.03. The minimum Gasteiger partial charge on any atom is -0.490 e. The van der Waals surface area contributed by atoms with E-state index < -0.39 is 5.41 Å². The Morgan fingerprint density at radius 2 is 1.78 bits per heavy atom. The molecule has 2 amide bonds. The lowest BCUT2D eigenvalue weighted by atomic mass is 9.87. The number of carbonyl (C=O) groups is 2. The van der Waals surface area contributed by atoms with Crippen LogP contribution in [0, 0.1) is 11.3 Å². The van der Waals surface area contributed by atoms with E-state index in [0.717, 1.165) is 6.42 Å². The molecule has 0 bridgehead atoms. The van der Waals surface area contributed by atoms with E-state index in [0.29, 0.717) is 41.8 Å². The van der Waals surface area contributed by atoms with Gasteiger partial charge in [-0.25, -0.2) is 0 Å². The lowest BCUT2D eigenvalue weighted by Crippen LogP contribution is -2.42. The van der Waals surface area contributed by atoms with E-state index in [2.05, 4.69) is 39.9 Å². The fourth-order valence-corrected chi connectivity index (χ4v) is 3.66. The lowest BCUT2D eigenvalue weighted by molar-refractivity contribution is -0.127. The molecule has 0 saturated carbocycles. The molecule has 2 aromatic rings. The van der Waals surface area contributed by atoms with Gasteiger partial charge in [-0.3, -0.25) is 9.59 Å². The van der Waals surface area contributed by atoms with Crippen molar-refractivity contribution in [1.82, 2.24) is 0 Å². The summed E-state index contributed by atoms with van der Waals surface area (Å²) in [5.41, 5.74) is 2.54. The molecule has 3 rings (SSSR count). The fourth-order valence-electron chi connectivity index (χ4n) is 3.66. The van der Waals surface area contributed by atoms with E-state index in [-0.39, 0.29) is 17.2 Å². The number of amides is 2. The van der Waals surface area contributed by atoms with Crippen LogP contribution in [0.4, 0.5) is 11.4 Å². The third-order valence-corrected chi connectivity index (χ3v) is 5.86. The average molecular weight is 437 g/mol. The third kappa shape index (κ3) is 5.32. The molecular formula is C27H36N2O3. The summed E-state index contributed by atoms with van der Waals surface area (Å²) in [6.45, 7) is 15.5. The van der Waals surface area contributed by atoms with E-state index >= 15 is 0 Å². The van der Waals surface area contributed by atoms with Gasteiger partial charge >= 0.3 is 0 Å². The summed E-state index contributed by atoms with van der Waals surface area (Å²) in [7, 11) is 0. The monoisotopic (exact) mass is 436 g/mol. The van der Waals surface area contributed by atoms with Crippen molar-refractivity contribution in [3.05, 3.63) is 53.6 Å². The third-order valence-electron chi connectivity index (χ3n) is 5.86. The van der Waals surface area contributed by atoms with Crippen molar-refractivity contribution in [3.63, 3.8) is 0 Å². The standard InChI is InChI=1S/C27H36N2O3/c1-18(2)14-15-29-22-16-21(12-13-23(22)32-17-27(6,7)25(29)31)28-24(30)19-8-10-20(11-9-19)26(3,4)5/h8-13,16,18H,14-15,17H2,1-7H3,(H,28,30). The zero-order valence-corrected chi connectivity index (χ0v) is 20.4. The van der Waals surface area contributed by atoms with Gasteiger partial charge in [-0.1, -0.05) is 46.8 Å². The van der Waals surface area contributed by atoms with Crippen LogP contribution >= 0.6 is 0 Å². The Balaban J connectivity index is 1.87. The molecule has 2 aromatic carbocycles. The molecule has 0 saturated heterocycles. The largest absolute Gasteiger partial charge is 0.490 e. The molecule has 0 spiro atoms. The second-order valence-electron chi connectivity index (χ2n) is 10.8. The number of anilines is 2. The molecule has 1 aliphatic rings. The van der Waals surface area contributed by atoms with Gasteiger partial charge < -0.3 is 15.0 Å². The Labute approximate surface area is 192 Å². The first-order valence-electron chi connectivity index (χ1n) is 11.4. The number of nitrogens with zero attached hydrogens (tertiary/aromatic N) is 1. The number of rotatable bonds is 5. The van der Waals surface area contributed by atoms with Crippen molar-refractivity contribution < 1.29 is 14.3 Å². The molecule has 1 heterocycles. The topological polar surface area (TPSA) is 58.6 Å². The van der Waals surface area contributed by atoms with Gasteiger partial charge in [-0.15, -0.1) is 0 Å². The molecule has 5 nitrogen and oxygen atoms in total. The number of fused-ring (bicyclic) bond motifs is 1. The highest BCUT2D eigenvalue weighted by molar-refractivity contribution is 6.05. The highest BCUT2D eigenvalue weighted by atomic mass is 16.5. The predicted molar refractivity (Wildman–Crippen MR) is 131 cm³/mol. The zero-order valence-electron chi connectivity index (χ0n) is 20.4. The van der Waals surface area contributed by atoms with Gasteiger partial charge in [0, 0.05) is 17.8 Å². The van der Waals surface area contributed by atoms with Crippen LogP contribution in [0.2, 0.25) is 0 Å². The summed E-state index contributed by atoms with van der Waals surface area (Å²) in [6.07, 6.45) is 0.887. The van der Waals surface area contributed by atoms with Crippen LogP contribution < -0.4 is 15.0 Å². The molecule has 32 heavy (non-hydrogen) atoms. The molecule has 1 N–H and O–H groups in total. The zero-order chi connectivity index (χ0) is 23.7. The Morgan fingerprint density at radius 1 is 1.12 bits per heavy atom. The summed E-state index contributed by atoms with van der Waals surface area (Å²) in [5, 5.41) is 2.98. The SMILES string of the molecule is CC(C)CCN1C(=O)C(C)(C)COc2ccc(NC(=O)c3ccc(C(C)(C)C)cc3)cc21. The van der Waals surface area contributed by atoms with E-state index in [9.17, 15) is 9.59 Å². The van der Waals surface area contributed by atoms with Crippen LogP contribution in [0.5, 0.6) is 5.75 Å². The summed E-state index contributed by atoms with van der Waals surface area (Å²) < 4.78 is 5.99. The van der Waals surface area contributed by atoms with Crippen molar-refractivity contribution in [2.24, 2.45) is 11.3 Å². The van der Waals surface area contributed by atoms with Crippen molar-refractivity contribution in [1.29, 1.82) is 0 Å². The number of ether oxygens (including phenoxy) is 1. The Bertz CT molecular complexity index is 985. The number of carbonyl (C=O) groups excluding carboxylic acids is 2. The maximum atomic E-state index is 13.3. The van der Waals surface area contributed by atoms with Gasteiger partial charge in [-0.05, 0) is 67.5 Å². The molecule has 172 valence electrons. The summed E-state index contributed by atoms with van der Waals surface area (Å²) >= 11 is 0. The normalized spacial score (nSPS) is 15.8. The molecule has 0 aromatic heterocycles. The molecule has 5 heteroatoms. The second-order valence-corrected chi connectivity index (χ2v) is 10.8. The van der Waals surface area contributed by atoms with Crippen LogP contribution in [0.1, 0.15) is 70.8 Å². The summed E-state index contributed by atoms with van der Waals surface area (Å²) in [4.78, 5) is 27.9. The average Bonchev–Trinajstić information content (AvgIpc) is 2.80. The van der Waals surface area contributed by atoms with E-state index in [1.54, 1.807) is 0 Å². The molecule has 0 aliphatic carbocycles. The highest BCUT2D eigenvalue weighted by Crippen LogP contribution is 2.38. The van der Waals surface area contributed by atoms with Crippen molar-refractivity contribution >= 4 is 23.2 Å².